The van der Waals surface area contributed by atoms with Crippen LogP contribution in [0.2, 0.25) is 5.15 Å². The molecule has 0 aliphatic carbocycles. The molecule has 1 heterocycles. The lowest BCUT2D eigenvalue weighted by Crippen LogP contribution is -2.45. The smallest absolute Gasteiger partial charge is 0.425 e. The molecule has 9 nitrogen and oxygen atoms in total. The summed E-state index contributed by atoms with van der Waals surface area (Å²) in [7, 11) is 0. The number of carbonyl (C=O) groups excluding carboxylic acids is 3. The Labute approximate surface area is 239 Å². The molecule has 3 aromatic rings. The summed E-state index contributed by atoms with van der Waals surface area (Å²) in [6.45, 7) is 8.67. The third-order valence-electron chi connectivity index (χ3n) is 5.02. The lowest BCUT2D eigenvalue weighted by molar-refractivity contribution is 0.0428. The molecule has 1 aromatic heterocycles. The van der Waals surface area contributed by atoms with Crippen molar-refractivity contribution in [2.45, 2.75) is 59.3 Å². The summed E-state index contributed by atoms with van der Waals surface area (Å²) in [6, 6.07) is 8.06. The first-order chi connectivity index (χ1) is 19.0. The van der Waals surface area contributed by atoms with E-state index in [1.807, 2.05) is 0 Å². The van der Waals surface area contributed by atoms with Crippen LogP contribution < -0.4 is 10.2 Å². The van der Waals surface area contributed by atoms with Gasteiger partial charge in [0.15, 0.2) is 16.7 Å². The molecule has 3 rings (SSSR count). The Morgan fingerprint density at radius 1 is 0.854 bits per heavy atom. The van der Waals surface area contributed by atoms with Gasteiger partial charge in [0, 0.05) is 17.7 Å². The molecule has 3 amide bonds. The number of halogens is 4. The number of aromatic nitrogens is 2. The lowest BCUT2D eigenvalue weighted by atomic mass is 10.1. The van der Waals surface area contributed by atoms with Gasteiger partial charge in [0.25, 0.3) is 5.91 Å². The standard InChI is InChI=1S/C28H28ClF3N4O5/c1-27(2,3)40-25(38)36(26(39)41-28(4,5)6)23-21(24(37)33-14-17-18(31)8-7-9-19(17)32)34-22(29)20(35-23)15-10-12-16(30)13-11-15/h7-13H,14H2,1-6H3,(H,33,37). The molecule has 0 radical (unpaired) electrons. The third kappa shape index (κ3) is 8.16. The molecule has 218 valence electrons. The quantitative estimate of drug-likeness (QED) is 0.346. The largest absolute Gasteiger partial charge is 0.443 e. The Hall–Kier alpha value is -4.19. The van der Waals surface area contributed by atoms with Crippen LogP contribution in [-0.4, -0.2) is 39.3 Å². The predicted octanol–water partition coefficient (Wildman–Crippen LogP) is 6.82. The average molecular weight is 593 g/mol. The van der Waals surface area contributed by atoms with Crippen LogP contribution in [0, 0.1) is 17.5 Å². The van der Waals surface area contributed by atoms with E-state index in [4.69, 9.17) is 21.1 Å². The summed E-state index contributed by atoms with van der Waals surface area (Å²) in [5.74, 6) is -4.11. The van der Waals surface area contributed by atoms with Gasteiger partial charge in [0.2, 0.25) is 0 Å². The van der Waals surface area contributed by atoms with E-state index in [1.165, 1.54) is 12.1 Å². The molecule has 41 heavy (non-hydrogen) atoms. The average Bonchev–Trinajstić information content (AvgIpc) is 2.82. The highest BCUT2D eigenvalue weighted by molar-refractivity contribution is 6.32. The second kappa shape index (κ2) is 12.1. The number of hydrogen-bond acceptors (Lipinski definition) is 7. The summed E-state index contributed by atoms with van der Waals surface area (Å²) in [6.07, 6.45) is -2.52. The Morgan fingerprint density at radius 3 is 1.85 bits per heavy atom. The molecule has 0 bridgehead atoms. The van der Waals surface area contributed by atoms with Crippen molar-refractivity contribution in [3.63, 3.8) is 0 Å². The fourth-order valence-corrected chi connectivity index (χ4v) is 3.56. The highest BCUT2D eigenvalue weighted by Crippen LogP contribution is 2.31. The maximum atomic E-state index is 14.2. The van der Waals surface area contributed by atoms with Crippen LogP contribution in [0.5, 0.6) is 0 Å². The molecule has 0 saturated heterocycles. The van der Waals surface area contributed by atoms with Crippen LogP contribution in [0.15, 0.2) is 42.5 Å². The maximum Gasteiger partial charge on any atom is 0.425 e. The number of carbonyl (C=O) groups is 3. The van der Waals surface area contributed by atoms with Crippen molar-refractivity contribution in [3.8, 4) is 11.3 Å². The lowest BCUT2D eigenvalue weighted by Gasteiger charge is -2.28. The molecule has 0 fully saturated rings. The maximum absolute atomic E-state index is 14.2. The van der Waals surface area contributed by atoms with E-state index in [1.54, 1.807) is 41.5 Å². The minimum Gasteiger partial charge on any atom is -0.443 e. The number of nitrogens with zero attached hydrogens (tertiary/aromatic N) is 3. The van der Waals surface area contributed by atoms with Gasteiger partial charge in [-0.25, -0.2) is 32.7 Å². The Kier molecular flexibility index (Phi) is 9.27. The number of ether oxygens (including phenoxy) is 2. The monoisotopic (exact) mass is 592 g/mol. The summed E-state index contributed by atoms with van der Waals surface area (Å²) in [5.41, 5.74) is -3.17. The number of imide groups is 1. The molecule has 0 aliphatic heterocycles. The minimum atomic E-state index is -1.26. The molecule has 0 unspecified atom stereocenters. The van der Waals surface area contributed by atoms with Crippen LogP contribution in [0.1, 0.15) is 57.6 Å². The van der Waals surface area contributed by atoms with Gasteiger partial charge in [-0.3, -0.25) is 4.79 Å². The van der Waals surface area contributed by atoms with Crippen LogP contribution in [0.4, 0.5) is 28.6 Å². The third-order valence-corrected chi connectivity index (χ3v) is 5.28. The van der Waals surface area contributed by atoms with Gasteiger partial charge in [0.1, 0.15) is 34.3 Å². The second-order valence-corrected chi connectivity index (χ2v) is 11.1. The zero-order chi connectivity index (χ0) is 30.7. The number of rotatable bonds is 5. The van der Waals surface area contributed by atoms with Gasteiger partial charge in [-0.2, -0.15) is 4.90 Å². The van der Waals surface area contributed by atoms with Crippen molar-refractivity contribution in [1.29, 1.82) is 0 Å². The summed E-state index contributed by atoms with van der Waals surface area (Å²) >= 11 is 6.35. The molecular weight excluding hydrogens is 565 g/mol. The second-order valence-electron chi connectivity index (χ2n) is 10.7. The van der Waals surface area contributed by atoms with Crippen LogP contribution in [0.3, 0.4) is 0 Å². The molecule has 13 heteroatoms. The minimum absolute atomic E-state index is 0.115. The molecule has 0 saturated carbocycles. The first-order valence-corrected chi connectivity index (χ1v) is 12.7. The first-order valence-electron chi connectivity index (χ1n) is 12.3. The molecule has 0 spiro atoms. The highest BCUT2D eigenvalue weighted by Gasteiger charge is 2.38. The highest BCUT2D eigenvalue weighted by atomic mass is 35.5. The van der Waals surface area contributed by atoms with E-state index < -0.39 is 70.4 Å². The van der Waals surface area contributed by atoms with E-state index in [0.717, 1.165) is 30.3 Å². The van der Waals surface area contributed by atoms with Crippen LogP contribution in [0.25, 0.3) is 11.3 Å². The molecular formula is C28H28ClF3N4O5. The summed E-state index contributed by atoms with van der Waals surface area (Å²) in [5, 5.41) is 1.95. The SMILES string of the molecule is CC(C)(C)OC(=O)N(C(=O)OC(C)(C)C)c1nc(-c2ccc(F)cc2)c(Cl)nc1C(=O)NCc1c(F)cccc1F. The number of nitrogens with one attached hydrogen (secondary N) is 1. The topological polar surface area (TPSA) is 111 Å². The molecule has 0 atom stereocenters. The summed E-state index contributed by atoms with van der Waals surface area (Å²) in [4.78, 5) is 48.7. The normalized spacial score (nSPS) is 11.6. The van der Waals surface area contributed by atoms with E-state index in [-0.39, 0.29) is 16.4 Å². The number of benzene rings is 2. The zero-order valence-corrected chi connectivity index (χ0v) is 23.9. The van der Waals surface area contributed by atoms with E-state index in [9.17, 15) is 27.6 Å². The first kappa shape index (κ1) is 31.3. The van der Waals surface area contributed by atoms with Gasteiger partial charge < -0.3 is 14.8 Å². The number of amides is 3. The van der Waals surface area contributed by atoms with Gasteiger partial charge in [-0.05, 0) is 77.9 Å². The van der Waals surface area contributed by atoms with Crippen molar-refractivity contribution in [1.82, 2.24) is 15.3 Å². The van der Waals surface area contributed by atoms with Crippen molar-refractivity contribution < 1.29 is 37.0 Å². The van der Waals surface area contributed by atoms with Gasteiger partial charge in [-0.15, -0.1) is 0 Å². The van der Waals surface area contributed by atoms with Crippen molar-refractivity contribution in [2.75, 3.05) is 4.90 Å². The van der Waals surface area contributed by atoms with Gasteiger partial charge >= 0.3 is 12.2 Å². The van der Waals surface area contributed by atoms with Crippen molar-refractivity contribution in [2.24, 2.45) is 0 Å². The fourth-order valence-electron chi connectivity index (χ4n) is 3.32. The van der Waals surface area contributed by atoms with Crippen molar-refractivity contribution >= 4 is 35.5 Å². The fraction of sp³-hybridized carbons (Fsp3) is 0.321. The Bertz CT molecular complexity index is 1420. The zero-order valence-electron chi connectivity index (χ0n) is 23.1. The Morgan fingerprint density at radius 2 is 1.37 bits per heavy atom. The van der Waals surface area contributed by atoms with Crippen LogP contribution in [-0.2, 0) is 16.0 Å². The molecule has 2 aromatic carbocycles. The van der Waals surface area contributed by atoms with Crippen molar-refractivity contribution in [3.05, 3.63) is 76.3 Å². The van der Waals surface area contributed by atoms with Gasteiger partial charge in [0.05, 0.1) is 0 Å². The Balaban J connectivity index is 2.20. The van der Waals surface area contributed by atoms with E-state index in [0.29, 0.717) is 4.90 Å². The van der Waals surface area contributed by atoms with Gasteiger partial charge in [-0.1, -0.05) is 17.7 Å². The predicted molar refractivity (Wildman–Crippen MR) is 145 cm³/mol. The molecule has 1 N–H and O–H groups in total. The van der Waals surface area contributed by atoms with Crippen LogP contribution >= 0.6 is 11.6 Å². The van der Waals surface area contributed by atoms with E-state index >= 15 is 0 Å². The molecule has 0 aliphatic rings. The van der Waals surface area contributed by atoms with E-state index in [2.05, 4.69) is 15.3 Å². The number of anilines is 1. The number of hydrogen-bond donors (Lipinski definition) is 1. The summed E-state index contributed by atoms with van der Waals surface area (Å²) < 4.78 is 52.7.